The van der Waals surface area contributed by atoms with Crippen molar-refractivity contribution in [2.75, 3.05) is 11.9 Å². The van der Waals surface area contributed by atoms with E-state index in [9.17, 15) is 9.59 Å². The lowest BCUT2D eigenvalue weighted by molar-refractivity contribution is -0.115. The summed E-state index contributed by atoms with van der Waals surface area (Å²) < 4.78 is 0. The van der Waals surface area contributed by atoms with Gasteiger partial charge in [0.05, 0.1) is 17.1 Å². The predicted octanol–water partition coefficient (Wildman–Crippen LogP) is 4.49. The van der Waals surface area contributed by atoms with E-state index in [0.29, 0.717) is 16.6 Å². The quantitative estimate of drug-likeness (QED) is 0.821. The summed E-state index contributed by atoms with van der Waals surface area (Å²) in [4.78, 5) is 24.0. The fourth-order valence-electron chi connectivity index (χ4n) is 2.09. The first-order chi connectivity index (χ1) is 11.4. The second kappa shape index (κ2) is 8.18. The summed E-state index contributed by atoms with van der Waals surface area (Å²) in [5.41, 5.74) is 2.15. The fraction of sp³-hybridized carbons (Fsp3) is 0.222. The Morgan fingerprint density at radius 2 is 1.71 bits per heavy atom. The molecular weight excluding hydrogens is 347 g/mol. The maximum absolute atomic E-state index is 12.0. The number of carbonyl (C=O) groups excluding carboxylic acids is 2. The molecule has 2 rings (SSSR count). The van der Waals surface area contributed by atoms with Crippen LogP contribution < -0.4 is 10.6 Å². The molecule has 2 N–H and O–H groups in total. The maximum atomic E-state index is 12.0. The Morgan fingerprint density at radius 1 is 1.04 bits per heavy atom. The van der Waals surface area contributed by atoms with E-state index in [1.165, 1.54) is 17.7 Å². The Bertz CT molecular complexity index is 743. The summed E-state index contributed by atoms with van der Waals surface area (Å²) >= 11 is 11.8. The highest BCUT2D eigenvalue weighted by Crippen LogP contribution is 2.21. The zero-order valence-corrected chi connectivity index (χ0v) is 14.9. The van der Waals surface area contributed by atoms with E-state index in [0.717, 1.165) is 0 Å². The molecule has 0 aromatic heterocycles. The molecule has 6 heteroatoms. The third-order valence-corrected chi connectivity index (χ3v) is 3.99. The molecule has 0 saturated heterocycles. The van der Waals surface area contributed by atoms with Gasteiger partial charge in [0.15, 0.2) is 0 Å². The molecule has 24 heavy (non-hydrogen) atoms. The highest BCUT2D eigenvalue weighted by molar-refractivity contribution is 6.36. The van der Waals surface area contributed by atoms with Crippen molar-refractivity contribution in [3.05, 3.63) is 63.6 Å². The van der Waals surface area contributed by atoms with Gasteiger partial charge in [-0.2, -0.15) is 0 Å². The van der Waals surface area contributed by atoms with Crippen LogP contribution in [0.15, 0.2) is 42.5 Å². The normalized spacial score (nSPS) is 10.5. The molecule has 0 radical (unpaired) electrons. The fourth-order valence-corrected chi connectivity index (χ4v) is 2.58. The summed E-state index contributed by atoms with van der Waals surface area (Å²) in [6.07, 6.45) is 0. The zero-order valence-electron chi connectivity index (χ0n) is 13.4. The average Bonchev–Trinajstić information content (AvgIpc) is 2.53. The van der Waals surface area contributed by atoms with Gasteiger partial charge in [0.1, 0.15) is 0 Å². The van der Waals surface area contributed by atoms with Crippen LogP contribution in [0.3, 0.4) is 0 Å². The highest BCUT2D eigenvalue weighted by Gasteiger charge is 2.12. The van der Waals surface area contributed by atoms with Crippen molar-refractivity contribution in [1.29, 1.82) is 0 Å². The van der Waals surface area contributed by atoms with E-state index in [-0.39, 0.29) is 23.0 Å². The lowest BCUT2D eigenvalue weighted by Gasteiger charge is -2.10. The lowest BCUT2D eigenvalue weighted by atomic mass is 10.0. The summed E-state index contributed by atoms with van der Waals surface area (Å²) in [5, 5.41) is 5.95. The molecule has 2 aromatic rings. The maximum Gasteiger partial charge on any atom is 0.253 e. The van der Waals surface area contributed by atoms with E-state index in [1.807, 2.05) is 24.3 Å². The van der Waals surface area contributed by atoms with Gasteiger partial charge < -0.3 is 10.6 Å². The van der Waals surface area contributed by atoms with Crippen molar-refractivity contribution in [2.45, 2.75) is 19.8 Å². The van der Waals surface area contributed by atoms with Crippen LogP contribution in [0.5, 0.6) is 0 Å². The lowest BCUT2D eigenvalue weighted by Crippen LogP contribution is -2.33. The first kappa shape index (κ1) is 18.3. The van der Waals surface area contributed by atoms with Gasteiger partial charge in [-0.3, -0.25) is 9.59 Å². The molecule has 0 heterocycles. The topological polar surface area (TPSA) is 58.2 Å². The Balaban J connectivity index is 1.89. The first-order valence-corrected chi connectivity index (χ1v) is 8.25. The minimum Gasteiger partial charge on any atom is -0.343 e. The van der Waals surface area contributed by atoms with Crippen LogP contribution in [-0.2, 0) is 4.79 Å². The van der Waals surface area contributed by atoms with Crippen molar-refractivity contribution < 1.29 is 9.59 Å². The van der Waals surface area contributed by atoms with E-state index in [4.69, 9.17) is 23.2 Å². The molecule has 0 fully saturated rings. The van der Waals surface area contributed by atoms with E-state index in [2.05, 4.69) is 24.5 Å². The number of amides is 2. The van der Waals surface area contributed by atoms with Gasteiger partial charge in [-0.15, -0.1) is 0 Å². The monoisotopic (exact) mass is 364 g/mol. The average molecular weight is 365 g/mol. The third-order valence-electron chi connectivity index (χ3n) is 3.45. The van der Waals surface area contributed by atoms with Crippen molar-refractivity contribution in [3.8, 4) is 0 Å². The molecule has 0 aliphatic carbocycles. The van der Waals surface area contributed by atoms with Gasteiger partial charge in [-0.25, -0.2) is 0 Å². The molecule has 0 aliphatic heterocycles. The highest BCUT2D eigenvalue weighted by atomic mass is 35.5. The summed E-state index contributed by atoms with van der Waals surface area (Å²) in [7, 11) is 0. The first-order valence-electron chi connectivity index (χ1n) is 7.50. The van der Waals surface area contributed by atoms with Crippen molar-refractivity contribution in [2.24, 2.45) is 0 Å². The molecule has 2 amide bonds. The largest absolute Gasteiger partial charge is 0.343 e. The molecule has 0 saturated carbocycles. The molecule has 0 bridgehead atoms. The number of nitrogens with one attached hydrogen (secondary N) is 2. The molecule has 0 spiro atoms. The van der Waals surface area contributed by atoms with Gasteiger partial charge in [-0.05, 0) is 41.8 Å². The smallest absolute Gasteiger partial charge is 0.253 e. The Kier molecular flexibility index (Phi) is 6.23. The molecule has 0 aliphatic rings. The number of rotatable bonds is 5. The number of carbonyl (C=O) groups is 2. The van der Waals surface area contributed by atoms with Crippen LogP contribution in [0.25, 0.3) is 0 Å². The van der Waals surface area contributed by atoms with Crippen LogP contribution in [-0.4, -0.2) is 18.4 Å². The predicted molar refractivity (Wildman–Crippen MR) is 98.0 cm³/mol. The molecule has 0 atom stereocenters. The number of benzene rings is 2. The molecular formula is C18H18Cl2N2O2. The minimum atomic E-state index is -0.429. The molecule has 2 aromatic carbocycles. The Hall–Kier alpha value is -2.04. The van der Waals surface area contributed by atoms with Gasteiger partial charge in [-0.1, -0.05) is 49.2 Å². The minimum absolute atomic E-state index is 0.149. The number of anilines is 1. The van der Waals surface area contributed by atoms with Crippen LogP contribution in [0.1, 0.15) is 35.7 Å². The Labute approximate surface area is 151 Å². The van der Waals surface area contributed by atoms with Crippen LogP contribution in [0.2, 0.25) is 10.0 Å². The molecule has 0 unspecified atom stereocenters. The molecule has 126 valence electrons. The van der Waals surface area contributed by atoms with Crippen LogP contribution >= 0.6 is 23.2 Å². The van der Waals surface area contributed by atoms with Crippen LogP contribution in [0, 0.1) is 0 Å². The van der Waals surface area contributed by atoms with E-state index < -0.39 is 5.91 Å². The van der Waals surface area contributed by atoms with E-state index in [1.54, 1.807) is 6.07 Å². The van der Waals surface area contributed by atoms with Crippen molar-refractivity contribution in [3.63, 3.8) is 0 Å². The summed E-state index contributed by atoms with van der Waals surface area (Å²) in [6.45, 7) is 4.06. The second-order valence-electron chi connectivity index (χ2n) is 5.63. The Morgan fingerprint density at radius 3 is 2.29 bits per heavy atom. The summed E-state index contributed by atoms with van der Waals surface area (Å²) in [5.74, 6) is -0.314. The van der Waals surface area contributed by atoms with Crippen molar-refractivity contribution >= 4 is 40.7 Å². The zero-order chi connectivity index (χ0) is 17.7. The van der Waals surface area contributed by atoms with Gasteiger partial charge >= 0.3 is 0 Å². The summed E-state index contributed by atoms with van der Waals surface area (Å²) in [6, 6.07) is 12.2. The third kappa shape index (κ3) is 4.98. The van der Waals surface area contributed by atoms with Gasteiger partial charge in [0.2, 0.25) is 5.91 Å². The number of halogens is 2. The van der Waals surface area contributed by atoms with Crippen molar-refractivity contribution in [1.82, 2.24) is 5.32 Å². The number of hydrogen-bond acceptors (Lipinski definition) is 2. The standard InChI is InChI=1S/C18H18Cl2N2O2/c1-11(2)12-3-6-14(7-4-12)22-17(23)10-21-18(24)15-8-5-13(19)9-16(15)20/h3-9,11H,10H2,1-2H3,(H,21,24)(H,22,23). The van der Waals surface area contributed by atoms with Crippen LogP contribution in [0.4, 0.5) is 5.69 Å². The van der Waals surface area contributed by atoms with Gasteiger partial charge in [0.25, 0.3) is 5.91 Å². The van der Waals surface area contributed by atoms with E-state index >= 15 is 0 Å². The SMILES string of the molecule is CC(C)c1ccc(NC(=O)CNC(=O)c2ccc(Cl)cc2Cl)cc1. The van der Waals surface area contributed by atoms with Gasteiger partial charge in [0, 0.05) is 10.7 Å². The molecule has 4 nitrogen and oxygen atoms in total. The second-order valence-corrected chi connectivity index (χ2v) is 6.48. The number of hydrogen-bond donors (Lipinski definition) is 2.